The Labute approximate surface area is 207 Å². The molecule has 0 radical (unpaired) electrons. The van der Waals surface area contributed by atoms with E-state index in [1.165, 1.54) is 6.07 Å². The monoisotopic (exact) mass is 489 g/mol. The maximum Gasteiger partial charge on any atom is 0.257 e. The summed E-state index contributed by atoms with van der Waals surface area (Å²) in [6, 6.07) is 25.7. The predicted molar refractivity (Wildman–Crippen MR) is 139 cm³/mol. The van der Waals surface area contributed by atoms with Crippen LogP contribution in [0.25, 0.3) is 10.8 Å². The van der Waals surface area contributed by atoms with E-state index in [9.17, 15) is 9.59 Å². The Hall–Kier alpha value is -3.67. The van der Waals surface area contributed by atoms with Crippen LogP contribution in [0.4, 0.5) is 5.69 Å². The van der Waals surface area contributed by atoms with Gasteiger partial charge in [0.05, 0.1) is 22.7 Å². The highest BCUT2D eigenvalue weighted by atomic mass is 35.5. The second kappa shape index (κ2) is 10.5. The molecular weight excluding hydrogens is 469 g/mol. The highest BCUT2D eigenvalue weighted by Crippen LogP contribution is 2.23. The van der Waals surface area contributed by atoms with E-state index in [4.69, 9.17) is 23.2 Å². The summed E-state index contributed by atoms with van der Waals surface area (Å²) in [7, 11) is 0. The van der Waals surface area contributed by atoms with Crippen molar-refractivity contribution in [1.29, 1.82) is 0 Å². The minimum Gasteiger partial charge on any atom is -0.322 e. The average molecular weight is 490 g/mol. The fourth-order valence-electron chi connectivity index (χ4n) is 3.56. The first-order chi connectivity index (χ1) is 16.4. The summed E-state index contributed by atoms with van der Waals surface area (Å²) in [6.45, 7) is 1.79. The van der Waals surface area contributed by atoms with E-state index in [0.717, 1.165) is 21.9 Å². The van der Waals surface area contributed by atoms with Gasteiger partial charge in [-0.25, -0.2) is 5.43 Å². The van der Waals surface area contributed by atoms with Crippen LogP contribution < -0.4 is 10.7 Å². The summed E-state index contributed by atoms with van der Waals surface area (Å²) in [4.78, 5) is 25.1. The molecule has 4 aromatic rings. The lowest BCUT2D eigenvalue weighted by Crippen LogP contribution is -2.21. The Morgan fingerprint density at radius 1 is 0.882 bits per heavy atom. The highest BCUT2D eigenvalue weighted by molar-refractivity contribution is 6.37. The van der Waals surface area contributed by atoms with Crippen LogP contribution in [-0.2, 0) is 11.2 Å². The molecule has 0 aliphatic rings. The van der Waals surface area contributed by atoms with Crippen molar-refractivity contribution < 1.29 is 9.59 Å². The molecule has 170 valence electrons. The molecule has 4 aromatic carbocycles. The van der Waals surface area contributed by atoms with Gasteiger partial charge in [-0.2, -0.15) is 5.10 Å². The van der Waals surface area contributed by atoms with Crippen molar-refractivity contribution in [1.82, 2.24) is 5.43 Å². The topological polar surface area (TPSA) is 70.6 Å². The number of benzene rings is 4. The first kappa shape index (κ1) is 23.5. The Morgan fingerprint density at radius 2 is 1.65 bits per heavy atom. The lowest BCUT2D eigenvalue weighted by Gasteiger charge is -2.09. The first-order valence-electron chi connectivity index (χ1n) is 10.6. The normalized spacial score (nSPS) is 11.3. The molecule has 0 saturated carbocycles. The minimum absolute atomic E-state index is 0.211. The number of halogens is 2. The fourth-order valence-corrected chi connectivity index (χ4v) is 4.06. The molecule has 0 fully saturated rings. The summed E-state index contributed by atoms with van der Waals surface area (Å²) in [5.41, 5.74) is 5.82. The lowest BCUT2D eigenvalue weighted by molar-refractivity contribution is -0.120. The Balaban J connectivity index is 1.43. The van der Waals surface area contributed by atoms with Gasteiger partial charge in [0.15, 0.2) is 0 Å². The number of hydrogen-bond donors (Lipinski definition) is 2. The van der Waals surface area contributed by atoms with E-state index >= 15 is 0 Å². The van der Waals surface area contributed by atoms with Crippen molar-refractivity contribution in [3.05, 3.63) is 112 Å². The summed E-state index contributed by atoms with van der Waals surface area (Å²) in [5, 5.41) is 9.92. The van der Waals surface area contributed by atoms with Gasteiger partial charge in [-0.05, 0) is 59.2 Å². The third kappa shape index (κ3) is 5.63. The largest absolute Gasteiger partial charge is 0.322 e. The molecule has 0 aliphatic carbocycles. The van der Waals surface area contributed by atoms with E-state index in [-0.39, 0.29) is 23.3 Å². The van der Waals surface area contributed by atoms with Gasteiger partial charge in [0, 0.05) is 10.7 Å². The standard InChI is InChI=1S/C27H21Cl2N3O2/c1-17(31-32-26(33)15-20-9-4-7-18-6-2-3-11-23(18)20)19-8-5-10-22(14-19)30-27(34)24-13-12-21(28)16-25(24)29/h2-14,16H,15H2,1H3,(H,30,34)(H,32,33). The van der Waals surface area contributed by atoms with Crippen molar-refractivity contribution in [3.8, 4) is 0 Å². The number of fused-ring (bicyclic) bond motifs is 1. The van der Waals surface area contributed by atoms with Crippen molar-refractivity contribution >= 4 is 57.2 Å². The van der Waals surface area contributed by atoms with Gasteiger partial charge in [0.25, 0.3) is 5.91 Å². The van der Waals surface area contributed by atoms with Crippen molar-refractivity contribution in [3.63, 3.8) is 0 Å². The molecule has 0 saturated heterocycles. The zero-order chi connectivity index (χ0) is 24.1. The summed E-state index contributed by atoms with van der Waals surface area (Å²) >= 11 is 12.0. The number of carbonyl (C=O) groups excluding carboxylic acids is 2. The van der Waals surface area contributed by atoms with Gasteiger partial charge in [-0.1, -0.05) is 77.8 Å². The molecule has 0 aromatic heterocycles. The molecule has 2 amide bonds. The molecule has 0 atom stereocenters. The number of amides is 2. The maximum absolute atomic E-state index is 12.6. The van der Waals surface area contributed by atoms with E-state index in [1.807, 2.05) is 48.5 Å². The summed E-state index contributed by atoms with van der Waals surface area (Å²) in [6.07, 6.45) is 0.218. The molecule has 0 spiro atoms. The van der Waals surface area contributed by atoms with Crippen LogP contribution in [0.3, 0.4) is 0 Å². The van der Waals surface area contributed by atoms with E-state index in [2.05, 4.69) is 15.8 Å². The van der Waals surface area contributed by atoms with Gasteiger partial charge in [0.2, 0.25) is 5.91 Å². The summed E-state index contributed by atoms with van der Waals surface area (Å²) in [5.74, 6) is -0.561. The number of nitrogens with one attached hydrogen (secondary N) is 2. The Bertz CT molecular complexity index is 1410. The van der Waals surface area contributed by atoms with Crippen molar-refractivity contribution in [2.45, 2.75) is 13.3 Å². The molecular formula is C27H21Cl2N3O2. The zero-order valence-electron chi connectivity index (χ0n) is 18.3. The number of rotatable bonds is 6. The van der Waals surface area contributed by atoms with E-state index in [0.29, 0.717) is 22.0 Å². The zero-order valence-corrected chi connectivity index (χ0v) is 19.8. The molecule has 5 nitrogen and oxygen atoms in total. The fraction of sp³-hybridized carbons (Fsp3) is 0.0741. The summed E-state index contributed by atoms with van der Waals surface area (Å²) < 4.78 is 0. The van der Waals surface area contributed by atoms with Crippen molar-refractivity contribution in [2.24, 2.45) is 5.10 Å². The van der Waals surface area contributed by atoms with Crippen LogP contribution in [-0.4, -0.2) is 17.5 Å². The van der Waals surface area contributed by atoms with Gasteiger partial charge < -0.3 is 5.32 Å². The molecule has 0 bridgehead atoms. The quantitative estimate of drug-likeness (QED) is 0.240. The second-order valence-corrected chi connectivity index (χ2v) is 8.55. The van der Waals surface area contributed by atoms with E-state index in [1.54, 1.807) is 37.3 Å². The smallest absolute Gasteiger partial charge is 0.257 e. The molecule has 0 aliphatic heterocycles. The van der Waals surface area contributed by atoms with Gasteiger partial charge >= 0.3 is 0 Å². The number of nitrogens with zero attached hydrogens (tertiary/aromatic N) is 1. The van der Waals surface area contributed by atoms with Crippen LogP contribution in [0, 0.1) is 0 Å². The molecule has 4 rings (SSSR count). The number of hydrazone groups is 1. The van der Waals surface area contributed by atoms with Gasteiger partial charge in [-0.3, -0.25) is 9.59 Å². The van der Waals surface area contributed by atoms with E-state index < -0.39 is 0 Å². The van der Waals surface area contributed by atoms with Gasteiger partial charge in [0.1, 0.15) is 0 Å². The molecule has 2 N–H and O–H groups in total. The SMILES string of the molecule is CC(=NNC(=O)Cc1cccc2ccccc12)c1cccc(NC(=O)c2ccc(Cl)cc2Cl)c1. The average Bonchev–Trinajstić information content (AvgIpc) is 2.83. The Kier molecular flexibility index (Phi) is 7.26. The second-order valence-electron chi connectivity index (χ2n) is 7.71. The van der Waals surface area contributed by atoms with Gasteiger partial charge in [-0.15, -0.1) is 0 Å². The third-order valence-corrected chi connectivity index (χ3v) is 5.84. The number of carbonyl (C=O) groups is 2. The maximum atomic E-state index is 12.6. The lowest BCUT2D eigenvalue weighted by atomic mass is 10.0. The molecule has 0 heterocycles. The predicted octanol–water partition coefficient (Wildman–Crippen LogP) is 6.48. The molecule has 0 unspecified atom stereocenters. The van der Waals surface area contributed by atoms with Crippen LogP contribution in [0.2, 0.25) is 10.0 Å². The van der Waals surface area contributed by atoms with Crippen LogP contribution in [0.15, 0.2) is 90.0 Å². The molecule has 34 heavy (non-hydrogen) atoms. The minimum atomic E-state index is -0.350. The highest BCUT2D eigenvalue weighted by Gasteiger charge is 2.12. The third-order valence-electron chi connectivity index (χ3n) is 5.29. The number of anilines is 1. The number of hydrogen-bond acceptors (Lipinski definition) is 3. The van der Waals surface area contributed by atoms with Crippen LogP contribution >= 0.6 is 23.2 Å². The van der Waals surface area contributed by atoms with Crippen LogP contribution in [0.5, 0.6) is 0 Å². The molecule has 7 heteroatoms. The Morgan fingerprint density at radius 3 is 2.47 bits per heavy atom. The first-order valence-corrected chi connectivity index (χ1v) is 11.3. The van der Waals surface area contributed by atoms with Crippen LogP contribution in [0.1, 0.15) is 28.4 Å². The van der Waals surface area contributed by atoms with Crippen molar-refractivity contribution in [2.75, 3.05) is 5.32 Å².